The average molecular weight is 252 g/mol. The molecule has 2 N–H and O–H groups in total. The molecular formula is C17H16O2. The van der Waals surface area contributed by atoms with Gasteiger partial charge in [-0.25, -0.2) is 0 Å². The van der Waals surface area contributed by atoms with Crippen molar-refractivity contribution in [3.63, 3.8) is 0 Å². The highest BCUT2D eigenvalue weighted by molar-refractivity contribution is 5.38. The van der Waals surface area contributed by atoms with Gasteiger partial charge in [-0.2, -0.15) is 0 Å². The van der Waals surface area contributed by atoms with Gasteiger partial charge >= 0.3 is 0 Å². The fourth-order valence-electron chi connectivity index (χ4n) is 1.85. The van der Waals surface area contributed by atoms with E-state index in [4.69, 9.17) is 5.11 Å². The molecule has 2 rings (SSSR count). The lowest BCUT2D eigenvalue weighted by molar-refractivity contribution is 0.0862. The van der Waals surface area contributed by atoms with E-state index < -0.39 is 6.10 Å². The van der Waals surface area contributed by atoms with Crippen LogP contribution < -0.4 is 0 Å². The summed E-state index contributed by atoms with van der Waals surface area (Å²) in [7, 11) is 0. The molecule has 2 aromatic rings. The third kappa shape index (κ3) is 3.69. The van der Waals surface area contributed by atoms with Gasteiger partial charge in [0.15, 0.2) is 0 Å². The van der Waals surface area contributed by atoms with Crippen LogP contribution in [-0.2, 0) is 0 Å². The van der Waals surface area contributed by atoms with Crippen LogP contribution in [0, 0.1) is 11.8 Å². The summed E-state index contributed by atoms with van der Waals surface area (Å²) in [4.78, 5) is 0. The highest BCUT2D eigenvalue weighted by atomic mass is 16.3. The first-order valence-electron chi connectivity index (χ1n) is 6.21. The molecule has 0 bridgehead atoms. The first-order chi connectivity index (χ1) is 9.31. The molecule has 0 heterocycles. The Hall–Kier alpha value is -2.08. The lowest BCUT2D eigenvalue weighted by atomic mass is 9.94. The molecular weight excluding hydrogens is 236 g/mol. The van der Waals surface area contributed by atoms with Crippen molar-refractivity contribution in [3.8, 4) is 11.8 Å². The summed E-state index contributed by atoms with van der Waals surface area (Å²) in [6.45, 7) is -0.303. The minimum Gasteiger partial charge on any atom is -0.394 e. The number of hydrogen-bond donors (Lipinski definition) is 2. The third-order valence-electron chi connectivity index (χ3n) is 2.88. The molecule has 2 aromatic carbocycles. The SMILES string of the molecule is OCC(O)C(C#Cc1ccccc1)c1ccccc1. The minimum atomic E-state index is -0.876. The van der Waals surface area contributed by atoms with Crippen LogP contribution in [0.3, 0.4) is 0 Å². The molecule has 2 atom stereocenters. The van der Waals surface area contributed by atoms with Crippen molar-refractivity contribution in [1.82, 2.24) is 0 Å². The van der Waals surface area contributed by atoms with Crippen LogP contribution in [0.25, 0.3) is 0 Å². The van der Waals surface area contributed by atoms with Crippen LogP contribution in [0.15, 0.2) is 60.7 Å². The largest absolute Gasteiger partial charge is 0.394 e. The lowest BCUT2D eigenvalue weighted by Crippen LogP contribution is -2.21. The maximum Gasteiger partial charge on any atom is 0.0948 e. The second-order valence-corrected chi connectivity index (χ2v) is 4.27. The topological polar surface area (TPSA) is 40.5 Å². The van der Waals surface area contributed by atoms with E-state index in [-0.39, 0.29) is 12.5 Å². The summed E-state index contributed by atoms with van der Waals surface area (Å²) in [5.74, 6) is 5.70. The molecule has 0 fully saturated rings. The Kier molecular flexibility index (Phi) is 4.74. The van der Waals surface area contributed by atoms with E-state index in [0.717, 1.165) is 11.1 Å². The van der Waals surface area contributed by atoms with E-state index in [1.165, 1.54) is 0 Å². The summed E-state index contributed by atoms with van der Waals surface area (Å²) in [6.07, 6.45) is -0.876. The van der Waals surface area contributed by atoms with Gasteiger partial charge in [0.25, 0.3) is 0 Å². The zero-order valence-corrected chi connectivity index (χ0v) is 10.5. The predicted molar refractivity (Wildman–Crippen MR) is 75.6 cm³/mol. The highest BCUT2D eigenvalue weighted by Crippen LogP contribution is 2.19. The van der Waals surface area contributed by atoms with E-state index in [2.05, 4.69) is 11.8 Å². The van der Waals surface area contributed by atoms with Crippen molar-refractivity contribution in [2.75, 3.05) is 6.61 Å². The monoisotopic (exact) mass is 252 g/mol. The Morgan fingerprint density at radius 3 is 2.05 bits per heavy atom. The van der Waals surface area contributed by atoms with Crippen molar-refractivity contribution < 1.29 is 10.2 Å². The number of aliphatic hydroxyl groups excluding tert-OH is 2. The van der Waals surface area contributed by atoms with Crippen LogP contribution in [0.1, 0.15) is 17.0 Å². The predicted octanol–water partition coefficient (Wildman–Crippen LogP) is 2.18. The third-order valence-corrected chi connectivity index (χ3v) is 2.88. The Morgan fingerprint density at radius 1 is 0.895 bits per heavy atom. The molecule has 96 valence electrons. The molecule has 0 aliphatic rings. The highest BCUT2D eigenvalue weighted by Gasteiger charge is 2.17. The summed E-state index contributed by atoms with van der Waals surface area (Å²) in [5, 5.41) is 19.0. The van der Waals surface area contributed by atoms with Crippen LogP contribution in [0.4, 0.5) is 0 Å². The molecule has 0 saturated carbocycles. The van der Waals surface area contributed by atoms with Gasteiger partial charge in [0.2, 0.25) is 0 Å². The molecule has 0 aliphatic heterocycles. The second kappa shape index (κ2) is 6.75. The van der Waals surface area contributed by atoms with Crippen molar-refractivity contribution in [3.05, 3.63) is 71.8 Å². The molecule has 0 amide bonds. The lowest BCUT2D eigenvalue weighted by Gasteiger charge is -2.16. The van der Waals surface area contributed by atoms with E-state index in [0.29, 0.717) is 0 Å². The van der Waals surface area contributed by atoms with Crippen LogP contribution in [0.2, 0.25) is 0 Å². The van der Waals surface area contributed by atoms with Gasteiger partial charge in [0.05, 0.1) is 18.6 Å². The van der Waals surface area contributed by atoms with E-state index in [1.54, 1.807) is 0 Å². The number of aliphatic hydroxyl groups is 2. The quantitative estimate of drug-likeness (QED) is 0.822. The van der Waals surface area contributed by atoms with Crippen molar-refractivity contribution in [2.24, 2.45) is 0 Å². The number of benzene rings is 2. The average Bonchev–Trinajstić information content (AvgIpc) is 2.49. The molecule has 0 spiro atoms. The van der Waals surface area contributed by atoms with Gasteiger partial charge in [-0.15, -0.1) is 0 Å². The Morgan fingerprint density at radius 2 is 1.47 bits per heavy atom. The molecule has 0 aromatic heterocycles. The first kappa shape index (κ1) is 13.4. The zero-order valence-electron chi connectivity index (χ0n) is 10.5. The molecule has 2 nitrogen and oxygen atoms in total. The second-order valence-electron chi connectivity index (χ2n) is 4.27. The van der Waals surface area contributed by atoms with Crippen molar-refractivity contribution >= 4 is 0 Å². The van der Waals surface area contributed by atoms with E-state index >= 15 is 0 Å². The molecule has 2 unspecified atom stereocenters. The van der Waals surface area contributed by atoms with Gasteiger partial charge in [-0.05, 0) is 17.7 Å². The summed E-state index contributed by atoms with van der Waals surface area (Å²) >= 11 is 0. The summed E-state index contributed by atoms with van der Waals surface area (Å²) < 4.78 is 0. The standard InChI is InChI=1S/C17H16O2/c18-13-17(19)16(15-9-5-2-6-10-15)12-11-14-7-3-1-4-8-14/h1-10,16-19H,13H2. The van der Waals surface area contributed by atoms with Gasteiger partial charge < -0.3 is 10.2 Å². The summed E-state index contributed by atoms with van der Waals surface area (Å²) in [6, 6.07) is 19.1. The zero-order chi connectivity index (χ0) is 13.5. The normalized spacial score (nSPS) is 13.2. The van der Waals surface area contributed by atoms with Crippen LogP contribution in [0.5, 0.6) is 0 Å². The van der Waals surface area contributed by atoms with Crippen molar-refractivity contribution in [1.29, 1.82) is 0 Å². The molecule has 0 saturated heterocycles. The number of hydrogen-bond acceptors (Lipinski definition) is 2. The first-order valence-corrected chi connectivity index (χ1v) is 6.21. The van der Waals surface area contributed by atoms with Crippen molar-refractivity contribution in [2.45, 2.75) is 12.0 Å². The smallest absolute Gasteiger partial charge is 0.0948 e. The van der Waals surface area contributed by atoms with Crippen LogP contribution in [-0.4, -0.2) is 22.9 Å². The van der Waals surface area contributed by atoms with Gasteiger partial charge in [0, 0.05) is 5.56 Å². The van der Waals surface area contributed by atoms with Crippen LogP contribution >= 0.6 is 0 Å². The molecule has 2 heteroatoms. The molecule has 0 aliphatic carbocycles. The van der Waals surface area contributed by atoms with Gasteiger partial charge in [-0.1, -0.05) is 60.4 Å². The maximum absolute atomic E-state index is 9.90. The number of rotatable bonds is 3. The fraction of sp³-hybridized carbons (Fsp3) is 0.176. The summed E-state index contributed by atoms with van der Waals surface area (Å²) in [5.41, 5.74) is 1.81. The van der Waals surface area contributed by atoms with E-state index in [1.807, 2.05) is 60.7 Å². The van der Waals surface area contributed by atoms with E-state index in [9.17, 15) is 5.11 Å². The fourth-order valence-corrected chi connectivity index (χ4v) is 1.85. The Bertz CT molecular complexity index is 552. The Labute approximate surface area is 113 Å². The molecule has 0 radical (unpaired) electrons. The van der Waals surface area contributed by atoms with Gasteiger partial charge in [0.1, 0.15) is 0 Å². The Balaban J connectivity index is 2.28. The maximum atomic E-state index is 9.90. The van der Waals surface area contributed by atoms with Gasteiger partial charge in [-0.3, -0.25) is 0 Å². The minimum absolute atomic E-state index is 0.303. The molecule has 19 heavy (non-hydrogen) atoms.